The van der Waals surface area contributed by atoms with Gasteiger partial charge in [0.1, 0.15) is 0 Å². The Morgan fingerprint density at radius 3 is 2.22 bits per heavy atom. The largest absolute Gasteiger partial charge is 0.550 e. The van der Waals surface area contributed by atoms with E-state index in [-0.39, 0.29) is 12.3 Å². The Bertz CT molecular complexity index is 319. The summed E-state index contributed by atoms with van der Waals surface area (Å²) in [7, 11) is 0. The summed E-state index contributed by atoms with van der Waals surface area (Å²) in [5.74, 6) is -3.39. The molecule has 0 aromatic rings. The van der Waals surface area contributed by atoms with Crippen molar-refractivity contribution in [2.45, 2.75) is 45.2 Å². The summed E-state index contributed by atoms with van der Waals surface area (Å²) in [6.07, 6.45) is 0.0182. The van der Waals surface area contributed by atoms with Gasteiger partial charge in [0.2, 0.25) is 0 Å². The number of carbonyl (C=O) groups excluding carboxylic acids is 3. The second-order valence-corrected chi connectivity index (χ2v) is 4.28. The fourth-order valence-electron chi connectivity index (χ4n) is 1.33. The van der Waals surface area contributed by atoms with Gasteiger partial charge in [-0.05, 0) is 19.3 Å². The van der Waals surface area contributed by atoms with Crippen molar-refractivity contribution in [3.8, 4) is 0 Å². The molecule has 0 saturated heterocycles. The molecule has 0 unspecified atom stereocenters. The topological polar surface area (TPSA) is 137 Å². The fourth-order valence-corrected chi connectivity index (χ4v) is 1.33. The molecule has 0 rings (SSSR count). The Labute approximate surface area is 105 Å². The highest BCUT2D eigenvalue weighted by Crippen LogP contribution is 2.05. The van der Waals surface area contributed by atoms with Gasteiger partial charge in [-0.1, -0.05) is 13.8 Å². The van der Waals surface area contributed by atoms with Gasteiger partial charge in [-0.25, -0.2) is 0 Å². The SMILES string of the molecule is CC[C@H](C)[C@H]([NH3+])C(=O)N[C@@H](CCC(=O)[O-])C(=O)[O-]. The predicted molar refractivity (Wildman–Crippen MR) is 57.3 cm³/mol. The Hall–Kier alpha value is -1.63. The second-order valence-electron chi connectivity index (χ2n) is 4.28. The van der Waals surface area contributed by atoms with Crippen molar-refractivity contribution < 1.29 is 30.3 Å². The van der Waals surface area contributed by atoms with Crippen LogP contribution in [0.25, 0.3) is 0 Å². The molecule has 7 heteroatoms. The molecule has 7 nitrogen and oxygen atoms in total. The molecule has 0 saturated carbocycles. The first kappa shape index (κ1) is 16.4. The number of carboxylic acid groups (broad SMARTS) is 2. The van der Waals surface area contributed by atoms with Gasteiger partial charge in [0.15, 0.2) is 6.04 Å². The maximum atomic E-state index is 11.7. The highest BCUT2D eigenvalue weighted by molar-refractivity contribution is 5.85. The standard InChI is InChI=1S/C11H20N2O5/c1-3-6(2)9(12)10(16)13-7(11(17)18)4-5-8(14)15/h6-7,9H,3-5,12H2,1-2H3,(H,13,16)(H,14,15)(H,17,18)/p-1/t6-,7-,9-/m0/s1. The zero-order chi connectivity index (χ0) is 14.3. The van der Waals surface area contributed by atoms with E-state index in [0.717, 1.165) is 6.42 Å². The van der Waals surface area contributed by atoms with Gasteiger partial charge < -0.3 is 30.9 Å². The van der Waals surface area contributed by atoms with E-state index in [2.05, 4.69) is 11.1 Å². The van der Waals surface area contributed by atoms with Crippen molar-refractivity contribution in [2.24, 2.45) is 5.92 Å². The number of amides is 1. The third-order valence-electron chi connectivity index (χ3n) is 2.91. The average Bonchev–Trinajstić information content (AvgIpc) is 2.31. The zero-order valence-corrected chi connectivity index (χ0v) is 10.6. The zero-order valence-electron chi connectivity index (χ0n) is 10.6. The number of nitrogens with one attached hydrogen (secondary N) is 1. The summed E-state index contributed by atoms with van der Waals surface area (Å²) in [6.45, 7) is 3.72. The number of hydrogen-bond donors (Lipinski definition) is 2. The van der Waals surface area contributed by atoms with E-state index < -0.39 is 36.4 Å². The maximum absolute atomic E-state index is 11.7. The molecule has 18 heavy (non-hydrogen) atoms. The Morgan fingerprint density at radius 2 is 1.83 bits per heavy atom. The molecule has 0 heterocycles. The van der Waals surface area contributed by atoms with Crippen LogP contribution in [0.15, 0.2) is 0 Å². The van der Waals surface area contributed by atoms with Crippen molar-refractivity contribution >= 4 is 17.8 Å². The normalized spacial score (nSPS) is 15.5. The predicted octanol–water partition coefficient (Wildman–Crippen LogP) is -3.59. The third kappa shape index (κ3) is 5.62. The van der Waals surface area contributed by atoms with Crippen LogP contribution in [0, 0.1) is 5.92 Å². The van der Waals surface area contributed by atoms with Crippen LogP contribution in [0.4, 0.5) is 0 Å². The van der Waals surface area contributed by atoms with Crippen LogP contribution in [0.3, 0.4) is 0 Å². The Morgan fingerprint density at radius 1 is 1.28 bits per heavy atom. The lowest BCUT2D eigenvalue weighted by Gasteiger charge is -2.22. The molecule has 0 aliphatic heterocycles. The van der Waals surface area contributed by atoms with Gasteiger partial charge >= 0.3 is 0 Å². The van der Waals surface area contributed by atoms with E-state index in [1.165, 1.54) is 0 Å². The van der Waals surface area contributed by atoms with E-state index >= 15 is 0 Å². The molecule has 0 aliphatic carbocycles. The Kier molecular flexibility index (Phi) is 6.96. The van der Waals surface area contributed by atoms with Crippen LogP contribution in [-0.4, -0.2) is 29.9 Å². The number of rotatable bonds is 8. The van der Waals surface area contributed by atoms with Gasteiger partial charge in [0.05, 0.1) is 12.0 Å². The lowest BCUT2D eigenvalue weighted by molar-refractivity contribution is -0.415. The molecule has 3 atom stereocenters. The van der Waals surface area contributed by atoms with E-state index in [0.29, 0.717) is 0 Å². The summed E-state index contributed by atoms with van der Waals surface area (Å²) in [5.41, 5.74) is 3.66. The van der Waals surface area contributed by atoms with Crippen molar-refractivity contribution in [3.63, 3.8) is 0 Å². The van der Waals surface area contributed by atoms with Crippen LogP contribution in [0.2, 0.25) is 0 Å². The number of carbonyl (C=O) groups is 3. The molecule has 0 spiro atoms. The molecule has 4 N–H and O–H groups in total. The molecule has 0 aromatic heterocycles. The minimum atomic E-state index is -1.51. The van der Waals surface area contributed by atoms with Gasteiger partial charge in [-0.2, -0.15) is 0 Å². The molecular weight excluding hydrogens is 240 g/mol. The minimum Gasteiger partial charge on any atom is -0.550 e. The molecule has 0 aromatic carbocycles. The third-order valence-corrected chi connectivity index (χ3v) is 2.91. The van der Waals surface area contributed by atoms with Crippen molar-refractivity contribution in [1.82, 2.24) is 5.32 Å². The van der Waals surface area contributed by atoms with E-state index in [9.17, 15) is 24.6 Å². The molecule has 0 aliphatic rings. The lowest BCUT2D eigenvalue weighted by Crippen LogP contribution is -2.71. The van der Waals surface area contributed by atoms with Crippen LogP contribution < -0.4 is 21.3 Å². The average molecular weight is 259 g/mol. The summed E-state index contributed by atoms with van der Waals surface area (Å²) in [4.78, 5) is 32.7. The second kappa shape index (κ2) is 7.65. The smallest absolute Gasteiger partial charge is 0.278 e. The summed E-state index contributed by atoms with van der Waals surface area (Å²) in [5, 5.41) is 23.2. The van der Waals surface area contributed by atoms with Gasteiger partial charge in [-0.15, -0.1) is 0 Å². The fraction of sp³-hybridized carbons (Fsp3) is 0.727. The maximum Gasteiger partial charge on any atom is 0.278 e. The summed E-state index contributed by atoms with van der Waals surface area (Å²) >= 11 is 0. The van der Waals surface area contributed by atoms with Gasteiger partial charge in [-0.3, -0.25) is 4.79 Å². The first-order chi connectivity index (χ1) is 8.29. The molecular formula is C11H19N2O5-. The number of aliphatic carboxylic acids is 2. The summed E-state index contributed by atoms with van der Waals surface area (Å²) in [6, 6.07) is -1.91. The highest BCUT2D eigenvalue weighted by atomic mass is 16.4. The first-order valence-corrected chi connectivity index (χ1v) is 5.83. The van der Waals surface area contributed by atoms with Crippen molar-refractivity contribution in [3.05, 3.63) is 0 Å². The molecule has 1 amide bonds. The monoisotopic (exact) mass is 259 g/mol. The quantitative estimate of drug-likeness (QED) is 0.464. The lowest BCUT2D eigenvalue weighted by atomic mass is 9.99. The van der Waals surface area contributed by atoms with Gasteiger partial charge in [0, 0.05) is 11.9 Å². The number of hydrogen-bond acceptors (Lipinski definition) is 5. The van der Waals surface area contributed by atoms with Crippen LogP contribution in [0.1, 0.15) is 33.1 Å². The number of carboxylic acids is 2. The van der Waals surface area contributed by atoms with Crippen molar-refractivity contribution in [1.29, 1.82) is 0 Å². The van der Waals surface area contributed by atoms with E-state index in [1.807, 2.05) is 13.8 Å². The van der Waals surface area contributed by atoms with Gasteiger partial charge in [0.25, 0.3) is 5.91 Å². The molecule has 0 bridgehead atoms. The van der Waals surface area contributed by atoms with E-state index in [4.69, 9.17) is 0 Å². The summed E-state index contributed by atoms with van der Waals surface area (Å²) < 4.78 is 0. The minimum absolute atomic E-state index is 0.00791. The highest BCUT2D eigenvalue weighted by Gasteiger charge is 2.25. The molecule has 104 valence electrons. The van der Waals surface area contributed by atoms with Crippen molar-refractivity contribution in [2.75, 3.05) is 0 Å². The first-order valence-electron chi connectivity index (χ1n) is 5.83. The Balaban J connectivity index is 4.45. The van der Waals surface area contributed by atoms with Crippen LogP contribution in [0.5, 0.6) is 0 Å². The van der Waals surface area contributed by atoms with Crippen LogP contribution >= 0.6 is 0 Å². The molecule has 0 fully saturated rings. The van der Waals surface area contributed by atoms with Crippen LogP contribution in [-0.2, 0) is 14.4 Å². The molecule has 0 radical (unpaired) electrons. The van der Waals surface area contributed by atoms with E-state index in [1.54, 1.807) is 0 Å². The number of quaternary nitrogens is 1.